The number of carbonyl (C=O) groups is 3. The summed E-state index contributed by atoms with van der Waals surface area (Å²) in [5.41, 5.74) is -5.21. The van der Waals surface area contributed by atoms with Gasteiger partial charge in [-0.05, 0) is 18.2 Å². The highest BCUT2D eigenvalue weighted by molar-refractivity contribution is 6.31. The van der Waals surface area contributed by atoms with Crippen LogP contribution in [-0.4, -0.2) is 44.0 Å². The predicted molar refractivity (Wildman–Crippen MR) is 98.6 cm³/mol. The predicted octanol–water partition coefficient (Wildman–Crippen LogP) is 3.06. The maximum atomic E-state index is 13.9. The number of ether oxygens (including phenoxy) is 2. The summed E-state index contributed by atoms with van der Waals surface area (Å²) in [4.78, 5) is 36.6. The summed E-state index contributed by atoms with van der Waals surface area (Å²) in [6.45, 7) is 3.99. The molecular weight excluding hydrogens is 419 g/mol. The number of hydrogen-bond acceptors (Lipinski definition) is 5. The van der Waals surface area contributed by atoms with Crippen LogP contribution in [0.15, 0.2) is 18.2 Å². The topological polar surface area (TPSA) is 106 Å². The van der Waals surface area contributed by atoms with Gasteiger partial charge in [0.2, 0.25) is 5.91 Å². The van der Waals surface area contributed by atoms with E-state index in [-0.39, 0.29) is 16.5 Å². The Morgan fingerprint density at radius 1 is 1.03 bits per heavy atom. The van der Waals surface area contributed by atoms with Crippen molar-refractivity contribution in [3.8, 4) is 5.75 Å². The molecule has 0 spiro atoms. The van der Waals surface area contributed by atoms with Gasteiger partial charge < -0.3 is 20.1 Å². The number of carbonyl (C=O) groups excluding carboxylic acids is 3. The van der Waals surface area contributed by atoms with Crippen LogP contribution >= 0.6 is 11.6 Å². The van der Waals surface area contributed by atoms with Crippen molar-refractivity contribution in [2.45, 2.75) is 32.6 Å². The molecule has 0 saturated carbocycles. The Labute approximate surface area is 170 Å². The number of hydrogen-bond donors (Lipinski definition) is 3. The minimum Gasteiger partial charge on any atom is -0.495 e. The highest BCUT2D eigenvalue weighted by Gasteiger charge is 2.64. The van der Waals surface area contributed by atoms with Crippen LogP contribution in [0.1, 0.15) is 20.8 Å². The van der Waals surface area contributed by atoms with Crippen LogP contribution in [0.3, 0.4) is 0 Å². The van der Waals surface area contributed by atoms with Crippen LogP contribution in [-0.2, 0) is 14.3 Å². The maximum absolute atomic E-state index is 13.9. The molecular formula is C17H21ClF3N3O5. The zero-order chi connectivity index (χ0) is 22.6. The molecule has 0 fully saturated rings. The van der Waals surface area contributed by atoms with Crippen LogP contribution in [0, 0.1) is 5.41 Å². The largest absolute Gasteiger partial charge is 0.495 e. The fraction of sp³-hybridized carbons (Fsp3) is 0.471. The molecule has 0 aromatic heterocycles. The molecule has 1 atom stereocenters. The fourth-order valence-corrected chi connectivity index (χ4v) is 2.18. The molecule has 0 radical (unpaired) electrons. The highest BCUT2D eigenvalue weighted by atomic mass is 35.5. The van der Waals surface area contributed by atoms with E-state index in [1.807, 2.05) is 0 Å². The number of nitrogens with one attached hydrogen (secondary N) is 3. The second-order valence-corrected chi connectivity index (χ2v) is 7.30. The molecule has 0 aliphatic heterocycles. The number of halogens is 4. The lowest BCUT2D eigenvalue weighted by Crippen LogP contribution is -2.75. The van der Waals surface area contributed by atoms with Gasteiger partial charge in [0.25, 0.3) is 0 Å². The molecule has 0 aliphatic rings. The van der Waals surface area contributed by atoms with E-state index in [1.54, 1.807) is 5.32 Å². The first-order valence-corrected chi connectivity index (χ1v) is 8.46. The summed E-state index contributed by atoms with van der Waals surface area (Å²) >= 11 is 5.82. The van der Waals surface area contributed by atoms with Crippen LogP contribution in [0.5, 0.6) is 5.75 Å². The number of alkyl halides is 3. The molecule has 0 saturated heterocycles. The third-order valence-corrected chi connectivity index (χ3v) is 3.84. The van der Waals surface area contributed by atoms with Gasteiger partial charge in [-0.2, -0.15) is 13.2 Å². The first kappa shape index (κ1) is 24.3. The van der Waals surface area contributed by atoms with E-state index in [1.165, 1.54) is 51.4 Å². The van der Waals surface area contributed by atoms with Crippen molar-refractivity contribution in [3.05, 3.63) is 23.2 Å². The van der Waals surface area contributed by atoms with E-state index < -0.39 is 35.2 Å². The summed E-state index contributed by atoms with van der Waals surface area (Å²) in [6, 6.07) is 2.56. The average molecular weight is 440 g/mol. The zero-order valence-electron chi connectivity index (χ0n) is 16.3. The van der Waals surface area contributed by atoms with Crippen molar-refractivity contribution >= 4 is 35.2 Å². The molecule has 29 heavy (non-hydrogen) atoms. The van der Waals surface area contributed by atoms with Gasteiger partial charge in [0, 0.05) is 10.4 Å². The lowest BCUT2D eigenvalue weighted by molar-refractivity contribution is -0.218. The third kappa shape index (κ3) is 5.66. The second-order valence-electron chi connectivity index (χ2n) is 6.87. The lowest BCUT2D eigenvalue weighted by atomic mass is 9.94. The second kappa shape index (κ2) is 8.76. The summed E-state index contributed by atoms with van der Waals surface area (Å²) in [5, 5.41) is 5.28. The Balaban J connectivity index is 3.33. The van der Waals surface area contributed by atoms with Crippen molar-refractivity contribution in [2.75, 3.05) is 19.5 Å². The summed E-state index contributed by atoms with van der Waals surface area (Å²) in [7, 11) is 1.95. The average Bonchev–Trinajstić information content (AvgIpc) is 2.58. The van der Waals surface area contributed by atoms with Gasteiger partial charge in [-0.1, -0.05) is 32.4 Å². The van der Waals surface area contributed by atoms with Crippen LogP contribution < -0.4 is 20.7 Å². The van der Waals surface area contributed by atoms with E-state index in [2.05, 4.69) is 10.1 Å². The van der Waals surface area contributed by atoms with E-state index in [4.69, 9.17) is 16.3 Å². The SMILES string of the molecule is COC(=O)[C@](NC(=O)Nc1cc(Cl)ccc1OC)(NC(=O)C(C)(C)C)C(F)(F)F. The number of anilines is 1. The molecule has 0 heterocycles. The summed E-state index contributed by atoms with van der Waals surface area (Å²) in [6.07, 6.45) is -5.43. The standard InChI is InChI=1S/C17H21ClF3N3O5/c1-15(2,3)12(25)23-16(13(26)29-5,17(19,20)21)24-14(27)22-10-8-9(18)6-7-11(10)28-4/h6-8H,1-5H3,(H,23,25)(H2,22,24,27)/t16-/m1/s1. The van der Waals surface area contributed by atoms with Crippen molar-refractivity contribution < 1.29 is 37.0 Å². The molecule has 3 N–H and O–H groups in total. The van der Waals surface area contributed by atoms with Crippen molar-refractivity contribution in [1.82, 2.24) is 10.6 Å². The minimum atomic E-state index is -5.43. The van der Waals surface area contributed by atoms with Gasteiger partial charge in [-0.25, -0.2) is 9.59 Å². The third-order valence-electron chi connectivity index (χ3n) is 3.61. The van der Waals surface area contributed by atoms with Crippen molar-refractivity contribution in [3.63, 3.8) is 0 Å². The van der Waals surface area contributed by atoms with Gasteiger partial charge in [0.1, 0.15) is 5.75 Å². The molecule has 162 valence electrons. The number of rotatable bonds is 5. The monoisotopic (exact) mass is 439 g/mol. The molecule has 0 unspecified atom stereocenters. The van der Waals surface area contributed by atoms with E-state index in [0.717, 1.165) is 0 Å². The first-order valence-electron chi connectivity index (χ1n) is 8.08. The summed E-state index contributed by atoms with van der Waals surface area (Å²) < 4.78 is 50.8. The smallest absolute Gasteiger partial charge is 0.442 e. The Morgan fingerprint density at radius 3 is 2.07 bits per heavy atom. The Hall–Kier alpha value is -2.69. The molecule has 8 nitrogen and oxygen atoms in total. The van der Waals surface area contributed by atoms with Gasteiger partial charge in [-0.3, -0.25) is 10.1 Å². The molecule has 0 bridgehead atoms. The van der Waals surface area contributed by atoms with E-state index in [0.29, 0.717) is 7.11 Å². The molecule has 12 heteroatoms. The van der Waals surface area contributed by atoms with Crippen molar-refractivity contribution in [1.29, 1.82) is 0 Å². The van der Waals surface area contributed by atoms with Gasteiger partial charge >= 0.3 is 23.8 Å². The molecule has 0 aliphatic carbocycles. The molecule has 1 rings (SSSR count). The molecule has 1 aromatic rings. The minimum absolute atomic E-state index is 0.0689. The molecule has 1 aromatic carbocycles. The normalized spacial score (nSPS) is 13.7. The maximum Gasteiger partial charge on any atom is 0.442 e. The highest BCUT2D eigenvalue weighted by Crippen LogP contribution is 2.32. The quantitative estimate of drug-likeness (QED) is 0.483. The van der Waals surface area contributed by atoms with Crippen LogP contribution in [0.2, 0.25) is 5.02 Å². The van der Waals surface area contributed by atoms with Crippen LogP contribution in [0.25, 0.3) is 0 Å². The number of esters is 1. The number of amides is 3. The number of methoxy groups -OCH3 is 2. The van der Waals surface area contributed by atoms with Gasteiger partial charge in [0.15, 0.2) is 0 Å². The zero-order valence-corrected chi connectivity index (χ0v) is 17.0. The lowest BCUT2D eigenvalue weighted by Gasteiger charge is -2.36. The van der Waals surface area contributed by atoms with Crippen molar-refractivity contribution in [2.24, 2.45) is 5.41 Å². The Morgan fingerprint density at radius 2 is 1.62 bits per heavy atom. The van der Waals surface area contributed by atoms with Crippen LogP contribution in [0.4, 0.5) is 23.7 Å². The number of benzene rings is 1. The fourth-order valence-electron chi connectivity index (χ4n) is 2.00. The summed E-state index contributed by atoms with van der Waals surface area (Å²) in [5.74, 6) is -2.99. The Kier molecular flexibility index (Phi) is 7.36. The van der Waals surface area contributed by atoms with Gasteiger partial charge in [-0.15, -0.1) is 0 Å². The first-order chi connectivity index (χ1) is 13.2. The van der Waals surface area contributed by atoms with E-state index in [9.17, 15) is 27.6 Å². The Bertz CT molecular complexity index is 795. The molecule has 3 amide bonds. The number of urea groups is 1. The van der Waals surface area contributed by atoms with Gasteiger partial charge in [0.05, 0.1) is 19.9 Å². The van der Waals surface area contributed by atoms with E-state index >= 15 is 0 Å².